The number of hydrogen-bond donors (Lipinski definition) is 0. The predicted molar refractivity (Wildman–Crippen MR) is 131 cm³/mol. The topological polar surface area (TPSA) is 71.3 Å². The Hall–Kier alpha value is -3.07. The molecule has 0 bridgehead atoms. The highest BCUT2D eigenvalue weighted by Crippen LogP contribution is 2.38. The van der Waals surface area contributed by atoms with E-state index in [1.54, 1.807) is 18.7 Å². The van der Waals surface area contributed by atoms with E-state index in [1.165, 1.54) is 0 Å². The number of halogens is 1. The molecule has 7 nitrogen and oxygen atoms in total. The minimum absolute atomic E-state index is 0.212. The number of aryl methyl sites for hydroxylation is 2. The summed E-state index contributed by atoms with van der Waals surface area (Å²) in [5, 5.41) is 0. The lowest BCUT2D eigenvalue weighted by molar-refractivity contribution is -0.189. The summed E-state index contributed by atoms with van der Waals surface area (Å²) in [6.07, 6.45) is 6.99. The second-order valence-electron chi connectivity index (χ2n) is 8.32. The van der Waals surface area contributed by atoms with Gasteiger partial charge in [0.25, 0.3) is 0 Å². The lowest BCUT2D eigenvalue weighted by Crippen LogP contribution is -2.35. The molecule has 1 aliphatic rings. The van der Waals surface area contributed by atoms with Gasteiger partial charge in [0.2, 0.25) is 5.79 Å². The molecule has 8 heteroatoms. The Kier molecular flexibility index (Phi) is 6.45. The fourth-order valence-corrected chi connectivity index (χ4v) is 4.63. The Bertz CT molecular complexity index is 1260. The number of aromatic nitrogens is 4. The number of nitrogens with zero attached hydrogens (tertiary/aromatic N) is 4. The van der Waals surface area contributed by atoms with E-state index in [4.69, 9.17) is 14.2 Å². The van der Waals surface area contributed by atoms with Gasteiger partial charge in [-0.1, -0.05) is 22.0 Å². The van der Waals surface area contributed by atoms with E-state index in [0.29, 0.717) is 19.8 Å². The molecule has 4 aromatic rings. The molecule has 2 unspecified atom stereocenters. The Morgan fingerprint density at radius 3 is 2.71 bits per heavy atom. The molecule has 0 spiro atoms. The fraction of sp³-hybridized carbons (Fsp3) is 0.269. The lowest BCUT2D eigenvalue weighted by atomic mass is 10.00. The van der Waals surface area contributed by atoms with Crippen LogP contribution in [0.5, 0.6) is 5.75 Å². The second-order valence-corrected chi connectivity index (χ2v) is 9.24. The van der Waals surface area contributed by atoms with E-state index in [-0.39, 0.29) is 6.10 Å². The smallest absolute Gasteiger partial charge is 0.214 e. The number of imidazole rings is 1. The third-order valence-electron chi connectivity index (χ3n) is 5.77. The maximum Gasteiger partial charge on any atom is 0.214 e. The van der Waals surface area contributed by atoms with Crippen LogP contribution < -0.4 is 4.74 Å². The molecule has 0 aliphatic carbocycles. The van der Waals surface area contributed by atoms with Gasteiger partial charge >= 0.3 is 0 Å². The van der Waals surface area contributed by atoms with Crippen molar-refractivity contribution in [3.05, 3.63) is 94.9 Å². The zero-order valence-corrected chi connectivity index (χ0v) is 20.6. The van der Waals surface area contributed by atoms with Gasteiger partial charge in [-0.15, -0.1) is 0 Å². The number of rotatable bonds is 7. The predicted octanol–water partition coefficient (Wildman–Crippen LogP) is 5.07. The van der Waals surface area contributed by atoms with Crippen molar-refractivity contribution in [3.8, 4) is 17.0 Å². The third kappa shape index (κ3) is 4.89. The van der Waals surface area contributed by atoms with Crippen molar-refractivity contribution in [2.24, 2.45) is 0 Å². The van der Waals surface area contributed by atoms with Gasteiger partial charge in [-0.3, -0.25) is 0 Å². The first-order chi connectivity index (χ1) is 16.5. The number of ether oxygens (including phenoxy) is 3. The van der Waals surface area contributed by atoms with Crippen LogP contribution in [0, 0.1) is 13.8 Å². The average Bonchev–Trinajstić information content (AvgIpc) is 3.49. The van der Waals surface area contributed by atoms with E-state index in [1.807, 2.05) is 60.2 Å². The van der Waals surface area contributed by atoms with Crippen molar-refractivity contribution in [1.29, 1.82) is 0 Å². The van der Waals surface area contributed by atoms with Crippen LogP contribution in [0.3, 0.4) is 0 Å². The second kappa shape index (κ2) is 9.66. The molecule has 0 amide bonds. The summed E-state index contributed by atoms with van der Waals surface area (Å²) in [7, 11) is 0. The lowest BCUT2D eigenvalue weighted by Gasteiger charge is -2.30. The van der Waals surface area contributed by atoms with Crippen molar-refractivity contribution >= 4 is 15.9 Å². The van der Waals surface area contributed by atoms with Crippen molar-refractivity contribution in [3.63, 3.8) is 0 Å². The van der Waals surface area contributed by atoms with E-state index >= 15 is 0 Å². The summed E-state index contributed by atoms with van der Waals surface area (Å²) in [5.74, 6) is 0.607. The summed E-state index contributed by atoms with van der Waals surface area (Å²) in [6, 6.07) is 15.9. The van der Waals surface area contributed by atoms with Crippen LogP contribution in [-0.4, -0.2) is 38.8 Å². The zero-order valence-electron chi connectivity index (χ0n) is 19.0. The van der Waals surface area contributed by atoms with Crippen LogP contribution in [-0.2, 0) is 21.8 Å². The minimum Gasteiger partial charge on any atom is -0.491 e. The highest BCUT2D eigenvalue weighted by molar-refractivity contribution is 9.10. The monoisotopic (exact) mass is 520 g/mol. The van der Waals surface area contributed by atoms with Crippen molar-refractivity contribution < 1.29 is 14.2 Å². The molecule has 2 atom stereocenters. The summed E-state index contributed by atoms with van der Waals surface area (Å²) < 4.78 is 21.9. The first-order valence-electron chi connectivity index (χ1n) is 11.1. The molecule has 5 rings (SSSR count). The van der Waals surface area contributed by atoms with Crippen molar-refractivity contribution in [2.75, 3.05) is 13.2 Å². The molecular formula is C26H25BrN4O3. The first kappa shape index (κ1) is 22.7. The van der Waals surface area contributed by atoms with Gasteiger partial charge in [0, 0.05) is 34.2 Å². The van der Waals surface area contributed by atoms with Crippen LogP contribution in [0.15, 0.2) is 77.9 Å². The Morgan fingerprint density at radius 1 is 1.12 bits per heavy atom. The summed E-state index contributed by atoms with van der Waals surface area (Å²) in [4.78, 5) is 12.8. The van der Waals surface area contributed by atoms with Gasteiger partial charge in [-0.2, -0.15) is 0 Å². The Balaban J connectivity index is 1.29. The van der Waals surface area contributed by atoms with Gasteiger partial charge in [0.05, 0.1) is 25.2 Å². The van der Waals surface area contributed by atoms with Crippen LogP contribution in [0.25, 0.3) is 11.3 Å². The van der Waals surface area contributed by atoms with Crippen molar-refractivity contribution in [2.45, 2.75) is 32.3 Å². The molecule has 1 saturated heterocycles. The van der Waals surface area contributed by atoms with E-state index in [2.05, 4.69) is 43.9 Å². The largest absolute Gasteiger partial charge is 0.491 e. The van der Waals surface area contributed by atoms with E-state index in [0.717, 1.165) is 38.4 Å². The van der Waals surface area contributed by atoms with Crippen LogP contribution in [0.1, 0.15) is 17.0 Å². The van der Waals surface area contributed by atoms with Gasteiger partial charge in [-0.05, 0) is 61.9 Å². The van der Waals surface area contributed by atoms with Crippen molar-refractivity contribution in [1.82, 2.24) is 19.5 Å². The molecular weight excluding hydrogens is 496 g/mol. The normalized spacial score (nSPS) is 19.9. The van der Waals surface area contributed by atoms with Gasteiger partial charge in [-0.25, -0.2) is 15.0 Å². The first-order valence-corrected chi connectivity index (χ1v) is 11.9. The molecule has 2 aromatic carbocycles. The van der Waals surface area contributed by atoms with E-state index in [9.17, 15) is 0 Å². The maximum atomic E-state index is 6.53. The Labute approximate surface area is 206 Å². The standard InChI is InChI=1S/C26H25BrN4O3/c1-18-13-21(27)5-8-24(18)26(16-31-12-11-28-17-31)33-15-23(34-26)14-32-22-6-3-20(4-7-22)25-9-10-29-19(2)30-25/h3-13,17,23H,14-16H2,1-2H3. The summed E-state index contributed by atoms with van der Waals surface area (Å²) >= 11 is 3.55. The molecule has 0 N–H and O–H groups in total. The van der Waals surface area contributed by atoms with Crippen LogP contribution in [0.2, 0.25) is 0 Å². The molecule has 174 valence electrons. The van der Waals surface area contributed by atoms with Crippen LogP contribution >= 0.6 is 15.9 Å². The number of hydrogen-bond acceptors (Lipinski definition) is 6. The highest BCUT2D eigenvalue weighted by Gasteiger charge is 2.44. The summed E-state index contributed by atoms with van der Waals surface area (Å²) in [6.45, 7) is 5.26. The molecule has 3 heterocycles. The molecule has 1 fully saturated rings. The fourth-order valence-electron chi connectivity index (χ4n) is 4.16. The molecule has 0 radical (unpaired) electrons. The molecule has 2 aromatic heterocycles. The SMILES string of the molecule is Cc1nccc(-c2ccc(OCC3COC(Cn4ccnc4)(c4ccc(Br)cc4C)O3)cc2)n1. The average molecular weight is 521 g/mol. The molecule has 1 aliphatic heterocycles. The molecule has 34 heavy (non-hydrogen) atoms. The Morgan fingerprint density at radius 2 is 1.97 bits per heavy atom. The maximum absolute atomic E-state index is 6.53. The van der Waals surface area contributed by atoms with E-state index < -0.39 is 5.79 Å². The third-order valence-corrected chi connectivity index (χ3v) is 6.26. The van der Waals surface area contributed by atoms with Gasteiger partial charge < -0.3 is 18.8 Å². The highest BCUT2D eigenvalue weighted by atomic mass is 79.9. The van der Waals surface area contributed by atoms with Gasteiger partial charge in [0.15, 0.2) is 0 Å². The number of benzene rings is 2. The van der Waals surface area contributed by atoms with Gasteiger partial charge in [0.1, 0.15) is 24.3 Å². The van der Waals surface area contributed by atoms with Crippen LogP contribution in [0.4, 0.5) is 0 Å². The quantitative estimate of drug-likeness (QED) is 0.339. The molecule has 0 saturated carbocycles. The zero-order chi connectivity index (χ0) is 23.5. The summed E-state index contributed by atoms with van der Waals surface area (Å²) in [5.41, 5.74) is 3.99. The minimum atomic E-state index is -0.908.